The van der Waals surface area contributed by atoms with Crippen molar-refractivity contribution in [3.63, 3.8) is 0 Å². The van der Waals surface area contributed by atoms with Gasteiger partial charge in [-0.2, -0.15) is 0 Å². The zero-order chi connectivity index (χ0) is 28.8. The van der Waals surface area contributed by atoms with E-state index in [9.17, 15) is 22.4 Å². The Morgan fingerprint density at radius 2 is 1.51 bits per heavy atom. The van der Waals surface area contributed by atoms with Gasteiger partial charge in [0.25, 0.3) is 10.0 Å². The highest BCUT2D eigenvalue weighted by Gasteiger charge is 2.34. The fourth-order valence-electron chi connectivity index (χ4n) is 4.13. The fraction of sp³-hybridized carbons (Fsp3) is 0.333. The number of amides is 2. The molecule has 0 radical (unpaired) electrons. The van der Waals surface area contributed by atoms with Crippen molar-refractivity contribution < 1.29 is 22.4 Å². The number of rotatable bonds is 10. The monoisotopic (exact) mass is 553 g/mol. The van der Waals surface area contributed by atoms with Crippen molar-refractivity contribution in [3.8, 4) is 0 Å². The molecule has 2 amide bonds. The van der Waals surface area contributed by atoms with Gasteiger partial charge >= 0.3 is 0 Å². The summed E-state index contributed by atoms with van der Waals surface area (Å²) in [5, 5.41) is 2.94. The maximum absolute atomic E-state index is 14.0. The number of hydrogen-bond donors (Lipinski definition) is 1. The lowest BCUT2D eigenvalue weighted by Gasteiger charge is -2.34. The largest absolute Gasteiger partial charge is 0.350 e. The number of aryl methyl sites for hydroxylation is 1. The number of carbonyl (C=O) groups excluding carboxylic acids is 2. The van der Waals surface area contributed by atoms with E-state index < -0.39 is 39.9 Å². The zero-order valence-electron chi connectivity index (χ0n) is 23.0. The first kappa shape index (κ1) is 29.8. The Morgan fingerprint density at radius 1 is 0.923 bits per heavy atom. The van der Waals surface area contributed by atoms with E-state index in [0.29, 0.717) is 6.42 Å². The fourth-order valence-corrected chi connectivity index (χ4v) is 5.54. The van der Waals surface area contributed by atoms with Gasteiger partial charge in [0, 0.05) is 12.1 Å². The first-order valence-electron chi connectivity index (χ1n) is 12.8. The molecule has 3 aromatic rings. The molecule has 0 bridgehead atoms. The molecule has 39 heavy (non-hydrogen) atoms. The lowest BCUT2D eigenvalue weighted by atomic mass is 10.1. The van der Waals surface area contributed by atoms with E-state index in [-0.39, 0.29) is 23.0 Å². The Balaban J connectivity index is 2.05. The maximum Gasteiger partial charge on any atom is 0.264 e. The predicted octanol–water partition coefficient (Wildman–Crippen LogP) is 5.05. The van der Waals surface area contributed by atoms with E-state index in [1.807, 2.05) is 65.0 Å². The summed E-state index contributed by atoms with van der Waals surface area (Å²) in [7, 11) is -4.25. The van der Waals surface area contributed by atoms with Gasteiger partial charge in [0.1, 0.15) is 18.4 Å². The van der Waals surface area contributed by atoms with Crippen molar-refractivity contribution in [1.29, 1.82) is 0 Å². The molecule has 0 fully saturated rings. The number of sulfonamides is 1. The van der Waals surface area contributed by atoms with Gasteiger partial charge in [-0.1, -0.05) is 55.0 Å². The van der Waals surface area contributed by atoms with Gasteiger partial charge in [-0.15, -0.1) is 0 Å². The van der Waals surface area contributed by atoms with Crippen molar-refractivity contribution in [2.45, 2.75) is 64.1 Å². The van der Waals surface area contributed by atoms with E-state index in [2.05, 4.69) is 5.32 Å². The van der Waals surface area contributed by atoms with Gasteiger partial charge in [0.05, 0.1) is 10.6 Å². The Morgan fingerprint density at radius 3 is 2.05 bits per heavy atom. The summed E-state index contributed by atoms with van der Waals surface area (Å²) in [5.74, 6) is -1.44. The van der Waals surface area contributed by atoms with Crippen molar-refractivity contribution in [1.82, 2.24) is 10.2 Å². The van der Waals surface area contributed by atoms with Crippen LogP contribution in [0.5, 0.6) is 0 Å². The van der Waals surface area contributed by atoms with Crippen LogP contribution in [0.1, 0.15) is 45.2 Å². The topological polar surface area (TPSA) is 86.8 Å². The summed E-state index contributed by atoms with van der Waals surface area (Å²) in [4.78, 5) is 28.6. The lowest BCUT2D eigenvalue weighted by Crippen LogP contribution is -2.55. The molecule has 0 aromatic heterocycles. The highest BCUT2D eigenvalue weighted by molar-refractivity contribution is 7.92. The Labute approximate surface area is 230 Å². The highest BCUT2D eigenvalue weighted by atomic mass is 32.2. The van der Waals surface area contributed by atoms with Crippen LogP contribution in [-0.4, -0.2) is 43.3 Å². The Bertz CT molecular complexity index is 1370. The van der Waals surface area contributed by atoms with Gasteiger partial charge in [0.2, 0.25) is 11.8 Å². The van der Waals surface area contributed by atoms with Crippen molar-refractivity contribution in [3.05, 3.63) is 95.8 Å². The molecule has 0 aliphatic rings. The number of nitrogens with one attached hydrogen (secondary N) is 1. The summed E-state index contributed by atoms with van der Waals surface area (Å²) in [6, 6.07) is 19.6. The van der Waals surface area contributed by atoms with Gasteiger partial charge < -0.3 is 10.2 Å². The number of anilines is 1. The average Bonchev–Trinajstić information content (AvgIpc) is 2.87. The molecule has 9 heteroatoms. The first-order valence-corrected chi connectivity index (χ1v) is 14.3. The lowest BCUT2D eigenvalue weighted by molar-refractivity contribution is -0.141. The molecule has 1 atom stereocenters. The molecule has 0 saturated carbocycles. The van der Waals surface area contributed by atoms with E-state index in [0.717, 1.165) is 27.6 Å². The molecule has 7 nitrogen and oxygen atoms in total. The maximum atomic E-state index is 14.0. The van der Waals surface area contributed by atoms with Crippen molar-refractivity contribution in [2.75, 3.05) is 10.8 Å². The minimum atomic E-state index is -4.25. The second-order valence-electron chi connectivity index (χ2n) is 10.5. The molecule has 0 spiro atoms. The van der Waals surface area contributed by atoms with Crippen LogP contribution in [0.15, 0.2) is 83.8 Å². The molecule has 0 unspecified atom stereocenters. The molecule has 3 rings (SSSR count). The predicted molar refractivity (Wildman–Crippen MR) is 151 cm³/mol. The molecule has 0 aliphatic carbocycles. The van der Waals surface area contributed by atoms with Crippen LogP contribution in [0.25, 0.3) is 0 Å². The van der Waals surface area contributed by atoms with Crippen LogP contribution in [0.2, 0.25) is 0 Å². The van der Waals surface area contributed by atoms with Gasteiger partial charge in [0.15, 0.2) is 0 Å². The van der Waals surface area contributed by atoms with Crippen LogP contribution >= 0.6 is 0 Å². The molecular weight excluding hydrogens is 517 g/mol. The van der Waals surface area contributed by atoms with Crippen LogP contribution in [0.3, 0.4) is 0 Å². The first-order chi connectivity index (χ1) is 18.3. The van der Waals surface area contributed by atoms with E-state index >= 15 is 0 Å². The average molecular weight is 554 g/mol. The van der Waals surface area contributed by atoms with E-state index in [1.54, 1.807) is 24.3 Å². The second kappa shape index (κ2) is 12.4. The third-order valence-electron chi connectivity index (χ3n) is 6.08. The zero-order valence-corrected chi connectivity index (χ0v) is 23.8. The van der Waals surface area contributed by atoms with Gasteiger partial charge in [-0.25, -0.2) is 12.8 Å². The highest BCUT2D eigenvalue weighted by Crippen LogP contribution is 2.25. The summed E-state index contributed by atoms with van der Waals surface area (Å²) in [6.07, 6.45) is 0.329. The number of hydrogen-bond acceptors (Lipinski definition) is 4. The molecule has 0 aliphatic heterocycles. The molecular formula is C30H36FN3O4S. The molecule has 1 N–H and O–H groups in total. The normalized spacial score (nSPS) is 12.5. The minimum absolute atomic E-state index is 0.119. The van der Waals surface area contributed by atoms with Gasteiger partial charge in [-0.05, 0) is 76.1 Å². The Hall–Kier alpha value is -3.72. The molecule has 0 saturated heterocycles. The second-order valence-corrected chi connectivity index (χ2v) is 12.3. The summed E-state index contributed by atoms with van der Waals surface area (Å²) in [5.41, 5.74) is 1.48. The third kappa shape index (κ3) is 7.89. The summed E-state index contributed by atoms with van der Waals surface area (Å²) >= 11 is 0. The van der Waals surface area contributed by atoms with Crippen LogP contribution in [-0.2, 0) is 26.2 Å². The standard InChI is InChI=1S/C30H36FN3O4S/c1-6-27(29(36)32-30(3,4)5)33(20-23-10-8-7-9-11-23)28(35)21-34(25-16-12-22(2)13-17-25)39(37,38)26-18-14-24(31)15-19-26/h7-19,27H,6,20-21H2,1-5H3,(H,32,36)/t27-/m1/s1. The SMILES string of the molecule is CC[C@H](C(=O)NC(C)(C)C)N(Cc1ccccc1)C(=O)CN(c1ccc(C)cc1)S(=O)(=O)c1ccc(F)cc1. The van der Waals surface area contributed by atoms with Crippen LogP contribution < -0.4 is 9.62 Å². The van der Waals surface area contributed by atoms with E-state index in [1.165, 1.54) is 17.0 Å². The smallest absolute Gasteiger partial charge is 0.264 e. The molecule has 0 heterocycles. The minimum Gasteiger partial charge on any atom is -0.350 e. The molecule has 208 valence electrons. The number of carbonyl (C=O) groups is 2. The van der Waals surface area contributed by atoms with Gasteiger partial charge in [-0.3, -0.25) is 13.9 Å². The van der Waals surface area contributed by atoms with Crippen LogP contribution in [0, 0.1) is 12.7 Å². The summed E-state index contributed by atoms with van der Waals surface area (Å²) < 4.78 is 42.1. The number of benzene rings is 3. The third-order valence-corrected chi connectivity index (χ3v) is 7.87. The Kier molecular flexibility index (Phi) is 9.50. The molecule has 3 aromatic carbocycles. The quantitative estimate of drug-likeness (QED) is 0.381. The van der Waals surface area contributed by atoms with Crippen LogP contribution in [0.4, 0.5) is 10.1 Å². The van der Waals surface area contributed by atoms with Crippen molar-refractivity contribution >= 4 is 27.5 Å². The van der Waals surface area contributed by atoms with E-state index in [4.69, 9.17) is 0 Å². The summed E-state index contributed by atoms with van der Waals surface area (Å²) in [6.45, 7) is 8.82. The number of nitrogens with zero attached hydrogens (tertiary/aromatic N) is 2. The number of halogens is 1. The van der Waals surface area contributed by atoms with Crippen molar-refractivity contribution in [2.24, 2.45) is 0 Å².